The molecule has 5 nitrogen and oxygen atoms in total. The number of carbonyl (C=O) groups excluding carboxylic acids is 1. The fourth-order valence-electron chi connectivity index (χ4n) is 4.78. The number of aromatic nitrogens is 1. The van der Waals surface area contributed by atoms with Crippen LogP contribution in [0.4, 0.5) is 32.0 Å². The van der Waals surface area contributed by atoms with E-state index in [1.165, 1.54) is 18.2 Å². The second kappa shape index (κ2) is 10.7. The Hall–Kier alpha value is -3.47. The minimum Gasteiger partial charge on any atom is -0.378 e. The Bertz CT molecular complexity index is 1310. The van der Waals surface area contributed by atoms with Gasteiger partial charge in [-0.05, 0) is 49.2 Å². The Morgan fingerprint density at radius 1 is 0.895 bits per heavy atom. The van der Waals surface area contributed by atoms with E-state index in [1.54, 1.807) is 24.5 Å². The molecule has 2 aromatic carbocycles. The van der Waals surface area contributed by atoms with E-state index in [4.69, 9.17) is 4.74 Å². The number of rotatable bonds is 6. The number of amides is 1. The van der Waals surface area contributed by atoms with Gasteiger partial charge < -0.3 is 19.5 Å². The van der Waals surface area contributed by atoms with Crippen LogP contribution in [0.5, 0.6) is 0 Å². The van der Waals surface area contributed by atoms with Crippen LogP contribution >= 0.6 is 0 Å². The summed E-state index contributed by atoms with van der Waals surface area (Å²) in [6.45, 7) is 5.58. The zero-order valence-electron chi connectivity index (χ0n) is 20.8. The zero-order chi connectivity index (χ0) is 27.7. The normalized spacial score (nSPS) is 14.6. The van der Waals surface area contributed by atoms with Crippen LogP contribution < -0.4 is 10.2 Å². The summed E-state index contributed by atoms with van der Waals surface area (Å²) < 4.78 is 86.3. The van der Waals surface area contributed by atoms with Crippen LogP contribution in [0.25, 0.3) is 0 Å². The number of halogens is 6. The highest BCUT2D eigenvalue weighted by Crippen LogP contribution is 2.34. The summed E-state index contributed by atoms with van der Waals surface area (Å²) in [6, 6.07) is 9.59. The smallest absolute Gasteiger partial charge is 0.378 e. The molecule has 3 aromatic rings. The van der Waals surface area contributed by atoms with Crippen molar-refractivity contribution in [3.05, 3.63) is 87.7 Å². The third kappa shape index (κ3) is 5.98. The lowest BCUT2D eigenvalue weighted by Gasteiger charge is -2.29. The maximum absolute atomic E-state index is 13.4. The number of alkyl halides is 6. The second-order valence-corrected chi connectivity index (χ2v) is 9.17. The Kier molecular flexibility index (Phi) is 7.78. The van der Waals surface area contributed by atoms with Crippen LogP contribution in [-0.2, 0) is 30.2 Å². The number of carbonyl (C=O) groups is 1. The Morgan fingerprint density at radius 2 is 1.45 bits per heavy atom. The average Bonchev–Trinajstić information content (AvgIpc) is 3.11. The standard InChI is InChI=1S/C27H27F6N3O2/c1-17-23(35-9-11-38-12-10-35)18(2)36(16-20-6-4-8-22(14-20)27(31,32)33)24(17)25(37)34-15-19-5-3-7-21(13-19)26(28,29)30/h3-8,13-14H,9-12,15-16H2,1-2H3,(H,34,37). The van der Waals surface area contributed by atoms with Gasteiger partial charge in [0, 0.05) is 37.4 Å². The fourth-order valence-corrected chi connectivity index (χ4v) is 4.78. The molecule has 0 bridgehead atoms. The van der Waals surface area contributed by atoms with Crippen molar-refractivity contribution in [2.45, 2.75) is 39.3 Å². The Labute approximate surface area is 216 Å². The number of anilines is 1. The summed E-state index contributed by atoms with van der Waals surface area (Å²) in [7, 11) is 0. The molecule has 1 saturated heterocycles. The van der Waals surface area contributed by atoms with Crippen molar-refractivity contribution in [3.8, 4) is 0 Å². The quantitative estimate of drug-likeness (QED) is 0.394. The van der Waals surface area contributed by atoms with Gasteiger partial charge in [-0.25, -0.2) is 0 Å². The predicted molar refractivity (Wildman–Crippen MR) is 130 cm³/mol. The summed E-state index contributed by atoms with van der Waals surface area (Å²) in [5.74, 6) is -0.533. The van der Waals surface area contributed by atoms with E-state index in [9.17, 15) is 31.1 Å². The van der Waals surface area contributed by atoms with E-state index in [0.29, 0.717) is 43.1 Å². The lowest BCUT2D eigenvalue weighted by molar-refractivity contribution is -0.138. The van der Waals surface area contributed by atoms with E-state index in [0.717, 1.165) is 30.0 Å². The molecule has 0 aliphatic carbocycles. The van der Waals surface area contributed by atoms with Gasteiger partial charge in [-0.1, -0.05) is 24.3 Å². The van der Waals surface area contributed by atoms with Gasteiger partial charge in [-0.15, -0.1) is 0 Å². The van der Waals surface area contributed by atoms with E-state index in [2.05, 4.69) is 10.2 Å². The molecular weight excluding hydrogens is 512 g/mol. The third-order valence-electron chi connectivity index (χ3n) is 6.57. The molecule has 0 spiro atoms. The lowest BCUT2D eigenvalue weighted by Crippen LogP contribution is -2.36. The van der Waals surface area contributed by atoms with E-state index in [-0.39, 0.29) is 24.3 Å². The highest BCUT2D eigenvalue weighted by molar-refractivity contribution is 5.96. The van der Waals surface area contributed by atoms with Gasteiger partial charge in [0.2, 0.25) is 0 Å². The van der Waals surface area contributed by atoms with Gasteiger partial charge in [-0.3, -0.25) is 4.79 Å². The molecule has 2 heterocycles. The van der Waals surface area contributed by atoms with E-state index < -0.39 is 29.4 Å². The number of morpholine rings is 1. The minimum absolute atomic E-state index is 0.00719. The average molecular weight is 540 g/mol. The molecule has 1 aliphatic rings. The molecular formula is C27H27F6N3O2. The largest absolute Gasteiger partial charge is 0.416 e. The summed E-state index contributed by atoms with van der Waals surface area (Å²) >= 11 is 0. The highest BCUT2D eigenvalue weighted by atomic mass is 19.4. The molecule has 11 heteroatoms. The van der Waals surface area contributed by atoms with Gasteiger partial charge in [0.15, 0.2) is 0 Å². The van der Waals surface area contributed by atoms with Gasteiger partial charge >= 0.3 is 12.4 Å². The predicted octanol–water partition coefficient (Wildman–Crippen LogP) is 5.96. The van der Waals surface area contributed by atoms with Gasteiger partial charge in [0.1, 0.15) is 5.69 Å². The molecule has 0 unspecified atom stereocenters. The number of nitrogens with zero attached hydrogens (tertiary/aromatic N) is 2. The van der Waals surface area contributed by atoms with Crippen LogP contribution in [0.1, 0.15) is 44.0 Å². The zero-order valence-corrected chi connectivity index (χ0v) is 20.8. The van der Waals surface area contributed by atoms with Gasteiger partial charge in [0.25, 0.3) is 5.91 Å². The van der Waals surface area contributed by atoms with Crippen LogP contribution in [0.15, 0.2) is 48.5 Å². The number of benzene rings is 2. The molecule has 1 aliphatic heterocycles. The van der Waals surface area contributed by atoms with Crippen molar-refractivity contribution < 1.29 is 35.9 Å². The summed E-state index contributed by atoms with van der Waals surface area (Å²) in [5, 5.41) is 2.69. The monoisotopic (exact) mass is 539 g/mol. The van der Waals surface area contributed by atoms with Crippen molar-refractivity contribution in [2.75, 3.05) is 31.2 Å². The fraction of sp³-hybridized carbons (Fsp3) is 0.370. The molecule has 1 N–H and O–H groups in total. The number of nitrogens with one attached hydrogen (secondary N) is 1. The van der Waals surface area contributed by atoms with Crippen LogP contribution in [0.3, 0.4) is 0 Å². The third-order valence-corrected chi connectivity index (χ3v) is 6.57. The summed E-state index contributed by atoms with van der Waals surface area (Å²) in [5.41, 5.74) is 1.39. The van der Waals surface area contributed by atoms with Crippen molar-refractivity contribution in [1.29, 1.82) is 0 Å². The van der Waals surface area contributed by atoms with E-state index in [1.807, 2.05) is 0 Å². The number of hydrogen-bond acceptors (Lipinski definition) is 3. The van der Waals surface area contributed by atoms with Gasteiger partial charge in [-0.2, -0.15) is 26.3 Å². The minimum atomic E-state index is -4.51. The lowest BCUT2D eigenvalue weighted by atomic mass is 10.1. The van der Waals surface area contributed by atoms with Crippen molar-refractivity contribution >= 4 is 11.6 Å². The maximum Gasteiger partial charge on any atom is 0.416 e. The topological polar surface area (TPSA) is 46.5 Å². The number of hydrogen-bond donors (Lipinski definition) is 1. The van der Waals surface area contributed by atoms with Crippen molar-refractivity contribution in [2.24, 2.45) is 0 Å². The summed E-state index contributed by atoms with van der Waals surface area (Å²) in [4.78, 5) is 15.5. The SMILES string of the molecule is Cc1c(N2CCOCC2)c(C)n(Cc2cccc(C(F)(F)F)c2)c1C(=O)NCc1cccc(C(F)(F)F)c1. The van der Waals surface area contributed by atoms with Crippen LogP contribution in [-0.4, -0.2) is 36.8 Å². The molecule has 1 aromatic heterocycles. The van der Waals surface area contributed by atoms with Crippen molar-refractivity contribution in [1.82, 2.24) is 9.88 Å². The number of ether oxygens (including phenoxy) is 1. The molecule has 4 rings (SSSR count). The molecule has 1 amide bonds. The Balaban J connectivity index is 1.68. The molecule has 204 valence electrons. The molecule has 0 radical (unpaired) electrons. The van der Waals surface area contributed by atoms with Crippen molar-refractivity contribution in [3.63, 3.8) is 0 Å². The summed E-state index contributed by atoms with van der Waals surface area (Å²) in [6.07, 6.45) is -9.03. The second-order valence-electron chi connectivity index (χ2n) is 9.17. The Morgan fingerprint density at radius 3 is 2.03 bits per heavy atom. The van der Waals surface area contributed by atoms with E-state index >= 15 is 0 Å². The van der Waals surface area contributed by atoms with Gasteiger partial charge in [0.05, 0.1) is 30.0 Å². The molecule has 1 fully saturated rings. The maximum atomic E-state index is 13.4. The molecule has 0 atom stereocenters. The first-order valence-electron chi connectivity index (χ1n) is 12.0. The molecule has 0 saturated carbocycles. The highest BCUT2D eigenvalue weighted by Gasteiger charge is 2.32. The first-order chi connectivity index (χ1) is 17.9. The first-order valence-corrected chi connectivity index (χ1v) is 12.0. The van der Waals surface area contributed by atoms with Crippen LogP contribution in [0, 0.1) is 13.8 Å². The van der Waals surface area contributed by atoms with Crippen LogP contribution in [0.2, 0.25) is 0 Å². The first kappa shape index (κ1) is 27.6. The molecule has 38 heavy (non-hydrogen) atoms.